The Balaban J connectivity index is 0.000000231. The van der Waals surface area contributed by atoms with Gasteiger partial charge in [0.15, 0.2) is 25.2 Å². The number of esters is 4. The maximum Gasteiger partial charge on any atom is 0.342 e. The summed E-state index contributed by atoms with van der Waals surface area (Å²) >= 11 is 0. The maximum atomic E-state index is 13.7. The predicted octanol–water partition coefficient (Wildman–Crippen LogP) is 10.3. The third kappa shape index (κ3) is 14.9. The third-order valence-electron chi connectivity index (χ3n) is 13.6. The summed E-state index contributed by atoms with van der Waals surface area (Å²) in [5.74, 6) is -3.18. The molecule has 10 atom stereocenters. The van der Waals surface area contributed by atoms with E-state index in [1.165, 1.54) is 28.1 Å². The van der Waals surface area contributed by atoms with Crippen molar-refractivity contribution in [3.63, 3.8) is 0 Å². The van der Waals surface area contributed by atoms with Crippen molar-refractivity contribution in [1.82, 2.24) is 0 Å². The lowest BCUT2D eigenvalue weighted by atomic mass is 9.97. The van der Waals surface area contributed by atoms with Gasteiger partial charge in [-0.3, -0.25) is 9.59 Å². The van der Waals surface area contributed by atoms with E-state index < -0.39 is 84.3 Å². The van der Waals surface area contributed by atoms with Crippen molar-refractivity contribution in [3.05, 3.63) is 105 Å². The Morgan fingerprint density at radius 2 is 1.09 bits per heavy atom. The molecule has 2 fully saturated rings. The minimum atomic E-state index is -0.908. The molecule has 8 rings (SSSR count). The first kappa shape index (κ1) is 60.6. The van der Waals surface area contributed by atoms with Gasteiger partial charge in [-0.2, -0.15) is 0 Å². The maximum absolute atomic E-state index is 13.7. The monoisotopic (exact) mass is 1110 g/mol. The lowest BCUT2D eigenvalue weighted by molar-refractivity contribution is -0.165. The summed E-state index contributed by atoms with van der Waals surface area (Å²) in [7, 11) is 2.95. The molecule has 22 heteroatoms. The largest absolute Gasteiger partial charge is 0.466 e. The average Bonchev–Trinajstić information content (AvgIpc) is 4.20. The summed E-state index contributed by atoms with van der Waals surface area (Å²) in [4.78, 5) is 54.0. The molecule has 4 aliphatic rings. The second kappa shape index (κ2) is 26.5. The zero-order chi connectivity index (χ0) is 58.1. The number of aliphatic hydroxyl groups excluding tert-OH is 1. The summed E-state index contributed by atoms with van der Waals surface area (Å²) < 4.78 is 81.2. The molecule has 2 aromatic heterocycles. The number of hydrogen-bond donors (Lipinski definition) is 1. The van der Waals surface area contributed by atoms with E-state index in [1.54, 1.807) is 76.3 Å². The van der Waals surface area contributed by atoms with E-state index in [0.29, 0.717) is 57.4 Å². The first-order chi connectivity index (χ1) is 38.0. The van der Waals surface area contributed by atoms with Gasteiger partial charge in [0.2, 0.25) is 0 Å². The van der Waals surface area contributed by atoms with E-state index in [0.717, 1.165) is 0 Å². The van der Waals surface area contributed by atoms with Crippen LogP contribution in [-0.2, 0) is 70.1 Å². The van der Waals surface area contributed by atoms with E-state index in [-0.39, 0.29) is 61.2 Å². The van der Waals surface area contributed by atoms with Crippen molar-refractivity contribution >= 4 is 58.0 Å². The standard InChI is InChI=1S/C29H35N3O9.C29H36O10/c1-16-10-11-22(38-18(3)33)27-23(40-29(4,5)41-27)9-7-8-20-21-12-19(14-31-32-30)39-24(21)13-25(36-15-35-6)26(20)28(34)37-17(16)2;1-16-10-11-22(36-18(3)31)27-23(38-29(4,5)39-27)9-7-8-20-21-12-19(14-30)37-24(21)13-25(34-15-33-6)26(20)28(32)35-17(16)2/h7-8,10-13,16-17,22-23,27H,9,14-15H2,1-6H3;7-8,10-13,16-17,22-23,27,30H,9,14-15H2,1-6H3/b2*8-7?,11-10-/t2*16-,17+,22?,23+,27-/m11/s1. The van der Waals surface area contributed by atoms with Gasteiger partial charge in [0.05, 0.1) is 18.8 Å². The Kier molecular flexibility index (Phi) is 20.1. The second-order valence-corrected chi connectivity index (χ2v) is 20.6. The number of nitrogens with zero attached hydrogens (tertiary/aromatic N) is 3. The molecule has 4 aromatic rings. The van der Waals surface area contributed by atoms with Gasteiger partial charge in [0, 0.05) is 78.8 Å². The van der Waals surface area contributed by atoms with Gasteiger partial charge in [0.1, 0.15) is 88.5 Å². The van der Waals surface area contributed by atoms with Crippen molar-refractivity contribution in [1.29, 1.82) is 0 Å². The Hall–Kier alpha value is -7.01. The van der Waals surface area contributed by atoms with Crippen LogP contribution in [0.15, 0.2) is 74.7 Å². The molecule has 432 valence electrons. The second-order valence-electron chi connectivity index (χ2n) is 20.6. The number of benzene rings is 2. The lowest BCUT2D eigenvalue weighted by Crippen LogP contribution is -2.37. The highest BCUT2D eigenvalue weighted by Crippen LogP contribution is 2.40. The van der Waals surface area contributed by atoms with Crippen molar-refractivity contribution in [2.24, 2.45) is 17.0 Å². The molecule has 0 saturated carbocycles. The number of furan rings is 2. The molecule has 0 spiro atoms. The molecule has 6 heterocycles. The zero-order valence-corrected chi connectivity index (χ0v) is 47.1. The van der Waals surface area contributed by atoms with Gasteiger partial charge >= 0.3 is 23.9 Å². The summed E-state index contributed by atoms with van der Waals surface area (Å²) in [6, 6.07) is 6.59. The minimum absolute atomic E-state index is 0.00912. The van der Waals surface area contributed by atoms with Crippen molar-refractivity contribution in [3.8, 4) is 11.5 Å². The molecular weight excluding hydrogens is 1040 g/mol. The lowest BCUT2D eigenvalue weighted by Gasteiger charge is -2.25. The van der Waals surface area contributed by atoms with Crippen molar-refractivity contribution < 1.29 is 90.0 Å². The van der Waals surface area contributed by atoms with Gasteiger partial charge in [-0.05, 0) is 84.2 Å². The van der Waals surface area contributed by atoms with Crippen LogP contribution in [0.1, 0.15) is 125 Å². The smallest absolute Gasteiger partial charge is 0.342 e. The molecule has 2 aromatic carbocycles. The Labute approximate surface area is 463 Å². The van der Waals surface area contributed by atoms with E-state index in [9.17, 15) is 24.3 Å². The van der Waals surface area contributed by atoms with Gasteiger partial charge in [-0.25, -0.2) is 9.59 Å². The Morgan fingerprint density at radius 1 is 0.662 bits per heavy atom. The molecule has 80 heavy (non-hydrogen) atoms. The Morgan fingerprint density at radius 3 is 1.49 bits per heavy atom. The quantitative estimate of drug-likeness (QED) is 0.0278. The van der Waals surface area contributed by atoms with E-state index >= 15 is 0 Å². The normalized spacial score (nSPS) is 27.2. The van der Waals surface area contributed by atoms with Crippen LogP contribution < -0.4 is 9.47 Å². The average molecular weight is 1110 g/mol. The minimum Gasteiger partial charge on any atom is -0.466 e. The summed E-state index contributed by atoms with van der Waals surface area (Å²) in [5.41, 5.74) is 11.0. The number of carbonyl (C=O) groups is 4. The van der Waals surface area contributed by atoms with Gasteiger partial charge < -0.3 is 70.8 Å². The number of fused-ring (bicyclic) bond motifs is 8. The van der Waals surface area contributed by atoms with Gasteiger partial charge in [0.25, 0.3) is 0 Å². The molecule has 0 radical (unpaired) electrons. The van der Waals surface area contributed by atoms with Crippen LogP contribution in [-0.4, -0.2) is 117 Å². The number of methoxy groups -OCH3 is 2. The highest BCUT2D eigenvalue weighted by atomic mass is 16.8. The SMILES string of the molecule is COCOc1cc2oc(CN=[N+]=[N-])cc2c2c1C(=O)O[C@@H](C)[C@H](C)/C=C\C(OC(C)=O)[C@H]1OC(C)(C)O[C@H]1CC=C2.COCOc1cc2oc(CO)cc2c2c1C(=O)O[C@@H](C)[C@H](C)/C=C\C(OC(C)=O)[C@H]1OC(C)(C)O[C@H]1CC=C2. The van der Waals surface area contributed by atoms with E-state index in [1.807, 2.05) is 52.0 Å². The molecule has 0 aliphatic carbocycles. The molecule has 22 nitrogen and oxygen atoms in total. The van der Waals surface area contributed by atoms with Crippen LogP contribution in [0, 0.1) is 11.8 Å². The summed E-state index contributed by atoms with van der Waals surface area (Å²) in [6.07, 6.45) is 10.6. The first-order valence-electron chi connectivity index (χ1n) is 26.3. The van der Waals surface area contributed by atoms with Crippen LogP contribution in [0.2, 0.25) is 0 Å². The van der Waals surface area contributed by atoms with Gasteiger partial charge in [-0.15, -0.1) is 0 Å². The Bertz CT molecular complexity index is 3050. The third-order valence-corrected chi connectivity index (χ3v) is 13.6. The van der Waals surface area contributed by atoms with Crippen LogP contribution in [0.3, 0.4) is 0 Å². The number of cyclic esters (lactones) is 2. The number of azide groups is 1. The molecule has 0 amide bonds. The fourth-order valence-corrected chi connectivity index (χ4v) is 9.62. The number of hydrogen-bond acceptors (Lipinski definition) is 20. The first-order valence-corrected chi connectivity index (χ1v) is 26.3. The predicted molar refractivity (Wildman–Crippen MR) is 289 cm³/mol. The molecule has 4 aliphatic heterocycles. The topological polar surface area (TPSA) is 274 Å². The number of rotatable bonds is 11. The number of aliphatic hydroxyl groups is 1. The molecule has 2 saturated heterocycles. The molecular formula is C58H71N3O19. The molecule has 0 bridgehead atoms. The van der Waals surface area contributed by atoms with Crippen molar-refractivity contribution in [2.75, 3.05) is 27.8 Å². The van der Waals surface area contributed by atoms with E-state index in [4.69, 9.17) is 71.2 Å². The fraction of sp³-hybridized carbons (Fsp3) is 0.517. The summed E-state index contributed by atoms with van der Waals surface area (Å²) in [6.45, 7) is 16.7. The highest BCUT2D eigenvalue weighted by Gasteiger charge is 2.47. The van der Waals surface area contributed by atoms with Gasteiger partial charge in [-0.1, -0.05) is 55.4 Å². The number of ether oxygens (including phenoxy) is 12. The molecule has 2 unspecified atom stereocenters. The van der Waals surface area contributed by atoms with Crippen molar-refractivity contribution in [2.45, 2.75) is 156 Å². The zero-order valence-electron chi connectivity index (χ0n) is 47.1. The highest BCUT2D eigenvalue weighted by molar-refractivity contribution is 6.06. The van der Waals surface area contributed by atoms with E-state index in [2.05, 4.69) is 10.0 Å². The summed E-state index contributed by atoms with van der Waals surface area (Å²) in [5, 5.41) is 14.5. The number of carbonyl (C=O) groups excluding carboxylic acids is 4. The fourth-order valence-electron chi connectivity index (χ4n) is 9.62. The molecule has 1 N–H and O–H groups in total. The van der Waals surface area contributed by atoms with Crippen LogP contribution in [0.5, 0.6) is 11.5 Å². The van der Waals surface area contributed by atoms with Crippen LogP contribution in [0.4, 0.5) is 0 Å². The van der Waals surface area contributed by atoms with Crippen LogP contribution in [0.25, 0.3) is 44.5 Å². The van der Waals surface area contributed by atoms with Crippen LogP contribution >= 0.6 is 0 Å².